The molecule has 2 aromatic heterocycles. The van der Waals surface area contributed by atoms with Crippen LogP contribution in [0.25, 0.3) is 10.4 Å². The Balaban J connectivity index is 2.50. The summed E-state index contributed by atoms with van der Waals surface area (Å²) in [5.41, 5.74) is 0.624. The quantitative estimate of drug-likeness (QED) is 0.858. The SMILES string of the molecule is O=C(O)c1cc(-c2cccs2)c(Cl)o1. The van der Waals surface area contributed by atoms with Crippen molar-refractivity contribution in [3.05, 3.63) is 34.6 Å². The van der Waals surface area contributed by atoms with Crippen LogP contribution < -0.4 is 0 Å². The number of carboxylic acids is 1. The lowest BCUT2D eigenvalue weighted by molar-refractivity contribution is 0.0662. The Morgan fingerprint density at radius 1 is 1.57 bits per heavy atom. The van der Waals surface area contributed by atoms with E-state index in [1.807, 2.05) is 17.5 Å². The summed E-state index contributed by atoms with van der Waals surface area (Å²) in [5.74, 6) is -1.26. The fourth-order valence-corrected chi connectivity index (χ4v) is 2.11. The highest BCUT2D eigenvalue weighted by molar-refractivity contribution is 7.13. The molecule has 0 unspecified atom stereocenters. The van der Waals surface area contributed by atoms with Gasteiger partial charge in [-0.1, -0.05) is 6.07 Å². The van der Waals surface area contributed by atoms with Gasteiger partial charge in [0, 0.05) is 10.9 Å². The highest BCUT2D eigenvalue weighted by Crippen LogP contribution is 2.33. The Morgan fingerprint density at radius 3 is 2.86 bits per heavy atom. The lowest BCUT2D eigenvalue weighted by atomic mass is 10.2. The van der Waals surface area contributed by atoms with Crippen LogP contribution in [-0.4, -0.2) is 11.1 Å². The van der Waals surface area contributed by atoms with E-state index in [-0.39, 0.29) is 11.0 Å². The molecular weight excluding hydrogens is 224 g/mol. The van der Waals surface area contributed by atoms with Crippen LogP contribution in [0.15, 0.2) is 28.0 Å². The van der Waals surface area contributed by atoms with Gasteiger partial charge in [-0.2, -0.15) is 0 Å². The van der Waals surface area contributed by atoms with E-state index in [0.29, 0.717) is 5.56 Å². The van der Waals surface area contributed by atoms with Crippen LogP contribution in [0.4, 0.5) is 0 Å². The van der Waals surface area contributed by atoms with Gasteiger partial charge in [0.05, 0.1) is 5.56 Å². The van der Waals surface area contributed by atoms with E-state index in [9.17, 15) is 4.79 Å². The normalized spacial score (nSPS) is 10.4. The number of thiophene rings is 1. The molecule has 0 radical (unpaired) electrons. The molecule has 14 heavy (non-hydrogen) atoms. The van der Waals surface area contributed by atoms with Gasteiger partial charge in [0.1, 0.15) is 0 Å². The molecule has 0 amide bonds. The smallest absolute Gasteiger partial charge is 0.371 e. The number of hydrogen-bond donors (Lipinski definition) is 1. The summed E-state index contributed by atoms with van der Waals surface area (Å²) in [6.07, 6.45) is 0. The second-order valence-electron chi connectivity index (χ2n) is 2.58. The van der Waals surface area contributed by atoms with E-state index in [2.05, 4.69) is 0 Å². The average molecular weight is 229 g/mol. The van der Waals surface area contributed by atoms with Crippen LogP contribution in [-0.2, 0) is 0 Å². The lowest BCUT2D eigenvalue weighted by Gasteiger charge is -1.88. The molecule has 2 rings (SSSR count). The molecule has 0 atom stereocenters. The zero-order valence-electron chi connectivity index (χ0n) is 6.86. The van der Waals surface area contributed by atoms with Crippen molar-refractivity contribution < 1.29 is 14.3 Å². The summed E-state index contributed by atoms with van der Waals surface area (Å²) in [6, 6.07) is 5.15. The van der Waals surface area contributed by atoms with E-state index in [4.69, 9.17) is 21.1 Å². The van der Waals surface area contributed by atoms with Crippen LogP contribution in [0.3, 0.4) is 0 Å². The Hall–Kier alpha value is -1.26. The van der Waals surface area contributed by atoms with Crippen molar-refractivity contribution >= 4 is 28.9 Å². The number of rotatable bonds is 2. The molecule has 0 bridgehead atoms. The van der Waals surface area contributed by atoms with Gasteiger partial charge in [-0.15, -0.1) is 11.3 Å². The Kier molecular flexibility index (Phi) is 2.31. The summed E-state index contributed by atoms with van der Waals surface area (Å²) in [4.78, 5) is 11.5. The lowest BCUT2D eigenvalue weighted by Crippen LogP contribution is -1.91. The maximum atomic E-state index is 10.6. The zero-order chi connectivity index (χ0) is 10.1. The molecule has 0 spiro atoms. The Morgan fingerprint density at radius 2 is 2.36 bits per heavy atom. The van der Waals surface area contributed by atoms with E-state index >= 15 is 0 Å². The fourth-order valence-electron chi connectivity index (χ4n) is 1.07. The van der Waals surface area contributed by atoms with Gasteiger partial charge in [0.15, 0.2) is 0 Å². The number of aromatic carboxylic acids is 1. The summed E-state index contributed by atoms with van der Waals surface area (Å²) in [5, 5.41) is 10.7. The molecule has 0 saturated carbocycles. The summed E-state index contributed by atoms with van der Waals surface area (Å²) in [6.45, 7) is 0. The second-order valence-corrected chi connectivity index (χ2v) is 3.87. The number of carbonyl (C=O) groups is 1. The van der Waals surface area contributed by atoms with E-state index < -0.39 is 5.97 Å². The monoisotopic (exact) mass is 228 g/mol. The molecule has 3 nitrogen and oxygen atoms in total. The van der Waals surface area contributed by atoms with Gasteiger partial charge >= 0.3 is 5.97 Å². The van der Waals surface area contributed by atoms with Gasteiger partial charge in [0.2, 0.25) is 11.0 Å². The maximum Gasteiger partial charge on any atom is 0.371 e. The Labute approximate surface area is 88.5 Å². The zero-order valence-corrected chi connectivity index (χ0v) is 8.43. The summed E-state index contributed by atoms with van der Waals surface area (Å²) < 4.78 is 4.87. The topological polar surface area (TPSA) is 50.4 Å². The molecule has 0 aliphatic rings. The first-order valence-corrected chi connectivity index (χ1v) is 5.01. The first-order chi connectivity index (χ1) is 6.68. The number of hydrogen-bond acceptors (Lipinski definition) is 3. The van der Waals surface area contributed by atoms with Gasteiger partial charge in [-0.05, 0) is 23.0 Å². The molecule has 0 aliphatic carbocycles. The van der Waals surface area contributed by atoms with E-state index in [0.717, 1.165) is 4.88 Å². The third-order valence-electron chi connectivity index (χ3n) is 1.68. The minimum absolute atomic E-state index is 0.116. The fraction of sp³-hybridized carbons (Fsp3) is 0. The molecule has 72 valence electrons. The molecule has 0 fully saturated rings. The van der Waals surface area contributed by atoms with Gasteiger partial charge in [-0.3, -0.25) is 0 Å². The van der Waals surface area contributed by atoms with Gasteiger partial charge in [0.25, 0.3) is 0 Å². The highest BCUT2D eigenvalue weighted by atomic mass is 35.5. The second kappa shape index (κ2) is 3.48. The van der Waals surface area contributed by atoms with Crippen LogP contribution >= 0.6 is 22.9 Å². The molecule has 0 aromatic carbocycles. The number of halogens is 1. The van der Waals surface area contributed by atoms with Gasteiger partial charge < -0.3 is 9.52 Å². The number of carboxylic acid groups (broad SMARTS) is 1. The van der Waals surface area contributed by atoms with Crippen molar-refractivity contribution in [2.75, 3.05) is 0 Å². The van der Waals surface area contributed by atoms with Crippen molar-refractivity contribution in [3.63, 3.8) is 0 Å². The minimum Gasteiger partial charge on any atom is -0.475 e. The molecule has 2 aromatic rings. The molecule has 1 N–H and O–H groups in total. The van der Waals surface area contributed by atoms with Crippen molar-refractivity contribution in [1.82, 2.24) is 0 Å². The molecule has 5 heteroatoms. The van der Waals surface area contributed by atoms with Crippen LogP contribution in [0, 0.1) is 0 Å². The largest absolute Gasteiger partial charge is 0.475 e. The summed E-state index contributed by atoms with van der Waals surface area (Å²) >= 11 is 7.23. The van der Waals surface area contributed by atoms with Crippen LogP contribution in [0.5, 0.6) is 0 Å². The molecular formula is C9H5ClO3S. The predicted octanol–water partition coefficient (Wildman–Crippen LogP) is 3.36. The van der Waals surface area contributed by atoms with Crippen molar-refractivity contribution in [2.45, 2.75) is 0 Å². The van der Waals surface area contributed by atoms with Crippen LogP contribution in [0.1, 0.15) is 10.6 Å². The number of furan rings is 1. The van der Waals surface area contributed by atoms with Crippen molar-refractivity contribution in [1.29, 1.82) is 0 Å². The first-order valence-electron chi connectivity index (χ1n) is 3.75. The van der Waals surface area contributed by atoms with Crippen LogP contribution in [0.2, 0.25) is 5.22 Å². The Bertz CT molecular complexity index is 458. The molecule has 0 saturated heterocycles. The van der Waals surface area contributed by atoms with E-state index in [1.54, 1.807) is 0 Å². The van der Waals surface area contributed by atoms with Crippen molar-refractivity contribution in [3.8, 4) is 10.4 Å². The molecule has 2 heterocycles. The first kappa shape index (κ1) is 9.30. The predicted molar refractivity (Wildman–Crippen MR) is 54.0 cm³/mol. The molecule has 0 aliphatic heterocycles. The van der Waals surface area contributed by atoms with Crippen molar-refractivity contribution in [2.24, 2.45) is 0 Å². The minimum atomic E-state index is -1.12. The van der Waals surface area contributed by atoms with Gasteiger partial charge in [-0.25, -0.2) is 4.79 Å². The summed E-state index contributed by atoms with van der Waals surface area (Å²) in [7, 11) is 0. The standard InChI is InChI=1S/C9H5ClO3S/c10-8-5(7-2-1-3-14-7)4-6(13-8)9(11)12/h1-4H,(H,11,12). The third-order valence-corrected chi connectivity index (χ3v) is 2.87. The van der Waals surface area contributed by atoms with E-state index in [1.165, 1.54) is 17.4 Å². The average Bonchev–Trinajstić information content (AvgIpc) is 2.71. The third kappa shape index (κ3) is 1.54. The maximum absolute atomic E-state index is 10.6. The highest BCUT2D eigenvalue weighted by Gasteiger charge is 2.15.